The van der Waals surface area contributed by atoms with E-state index in [1.165, 1.54) is 6.92 Å². The standard InChI is InChI=1S/C6H7F3N2O/c1-3-4(2-12)11-5(10-3)6(7,8)9/h12H,2H2,1H3,(H,10,11). The van der Waals surface area contributed by atoms with Crippen LogP contribution in [-0.2, 0) is 12.8 Å². The zero-order chi connectivity index (χ0) is 9.35. The summed E-state index contributed by atoms with van der Waals surface area (Å²) in [7, 11) is 0. The molecule has 0 aliphatic carbocycles. The molecule has 0 bridgehead atoms. The molecule has 0 saturated carbocycles. The number of imidazole rings is 1. The van der Waals surface area contributed by atoms with E-state index in [1.807, 2.05) is 4.98 Å². The smallest absolute Gasteiger partial charge is 0.390 e. The molecule has 0 aliphatic rings. The van der Waals surface area contributed by atoms with E-state index in [9.17, 15) is 13.2 Å². The summed E-state index contributed by atoms with van der Waals surface area (Å²) in [4.78, 5) is 5.21. The number of aliphatic hydroxyl groups excluding tert-OH is 1. The second kappa shape index (κ2) is 2.78. The third-order valence-corrected chi connectivity index (χ3v) is 1.40. The van der Waals surface area contributed by atoms with Gasteiger partial charge in [-0.2, -0.15) is 13.2 Å². The minimum Gasteiger partial charge on any atom is -0.390 e. The van der Waals surface area contributed by atoms with Gasteiger partial charge in [-0.15, -0.1) is 0 Å². The quantitative estimate of drug-likeness (QED) is 0.682. The molecule has 0 unspecified atom stereocenters. The first kappa shape index (κ1) is 9.05. The van der Waals surface area contributed by atoms with E-state index >= 15 is 0 Å². The summed E-state index contributed by atoms with van der Waals surface area (Å²) in [5.74, 6) is -1.07. The molecular weight excluding hydrogens is 173 g/mol. The second-order valence-electron chi connectivity index (χ2n) is 2.31. The van der Waals surface area contributed by atoms with Gasteiger partial charge >= 0.3 is 6.18 Å². The molecule has 1 heterocycles. The summed E-state index contributed by atoms with van der Waals surface area (Å²) < 4.78 is 35.8. The average Bonchev–Trinajstić information content (AvgIpc) is 2.29. The fourth-order valence-corrected chi connectivity index (χ4v) is 0.785. The van der Waals surface area contributed by atoms with Crippen molar-refractivity contribution in [2.45, 2.75) is 19.7 Å². The van der Waals surface area contributed by atoms with Crippen LogP contribution < -0.4 is 0 Å². The van der Waals surface area contributed by atoms with Gasteiger partial charge in [-0.05, 0) is 6.92 Å². The monoisotopic (exact) mass is 180 g/mol. The summed E-state index contributed by atoms with van der Waals surface area (Å²) in [6, 6.07) is 0. The fraction of sp³-hybridized carbons (Fsp3) is 0.500. The molecule has 0 amide bonds. The fourth-order valence-electron chi connectivity index (χ4n) is 0.785. The number of aromatic nitrogens is 2. The molecule has 6 heteroatoms. The highest BCUT2D eigenvalue weighted by Crippen LogP contribution is 2.27. The van der Waals surface area contributed by atoms with Crippen LogP contribution in [-0.4, -0.2) is 15.1 Å². The van der Waals surface area contributed by atoms with Crippen molar-refractivity contribution >= 4 is 0 Å². The highest BCUT2D eigenvalue weighted by molar-refractivity contribution is 5.13. The Morgan fingerprint density at radius 2 is 2.08 bits per heavy atom. The highest BCUT2D eigenvalue weighted by atomic mass is 19.4. The van der Waals surface area contributed by atoms with E-state index in [4.69, 9.17) is 5.11 Å². The van der Waals surface area contributed by atoms with Gasteiger partial charge in [0.25, 0.3) is 0 Å². The second-order valence-corrected chi connectivity index (χ2v) is 2.31. The van der Waals surface area contributed by atoms with Gasteiger partial charge in [-0.1, -0.05) is 0 Å². The molecule has 0 aromatic carbocycles. The van der Waals surface area contributed by atoms with E-state index in [-0.39, 0.29) is 11.4 Å². The summed E-state index contributed by atoms with van der Waals surface area (Å²) in [5, 5.41) is 8.55. The van der Waals surface area contributed by atoms with Crippen molar-refractivity contribution in [1.82, 2.24) is 9.97 Å². The lowest BCUT2D eigenvalue weighted by molar-refractivity contribution is -0.144. The van der Waals surface area contributed by atoms with Crippen molar-refractivity contribution in [2.75, 3.05) is 0 Å². The predicted molar refractivity (Wildman–Crippen MR) is 34.2 cm³/mol. The SMILES string of the molecule is Cc1[nH]c(C(F)(F)F)nc1CO. The largest absolute Gasteiger partial charge is 0.449 e. The molecule has 2 N–H and O–H groups in total. The van der Waals surface area contributed by atoms with Gasteiger partial charge in [0.05, 0.1) is 12.3 Å². The number of aromatic amines is 1. The molecular formula is C6H7F3N2O. The van der Waals surface area contributed by atoms with Gasteiger partial charge in [0, 0.05) is 5.69 Å². The van der Waals surface area contributed by atoms with Gasteiger partial charge in [0.2, 0.25) is 5.82 Å². The first-order valence-electron chi connectivity index (χ1n) is 3.18. The Hall–Kier alpha value is -1.04. The molecule has 3 nitrogen and oxygen atoms in total. The Morgan fingerprint density at radius 1 is 1.50 bits per heavy atom. The molecule has 68 valence electrons. The number of H-pyrrole nitrogens is 1. The number of nitrogens with zero attached hydrogens (tertiary/aromatic N) is 1. The lowest BCUT2D eigenvalue weighted by Crippen LogP contribution is -2.07. The van der Waals surface area contributed by atoms with Gasteiger partial charge in [-0.3, -0.25) is 0 Å². The van der Waals surface area contributed by atoms with Crippen molar-refractivity contribution < 1.29 is 18.3 Å². The number of aliphatic hydroxyl groups is 1. The number of halogens is 3. The van der Waals surface area contributed by atoms with Crippen molar-refractivity contribution in [1.29, 1.82) is 0 Å². The number of hydrogen-bond acceptors (Lipinski definition) is 2. The van der Waals surface area contributed by atoms with Crippen LogP contribution in [0.15, 0.2) is 0 Å². The van der Waals surface area contributed by atoms with Crippen LogP contribution in [0.4, 0.5) is 13.2 Å². The van der Waals surface area contributed by atoms with Crippen molar-refractivity contribution in [2.24, 2.45) is 0 Å². The summed E-state index contributed by atoms with van der Waals surface area (Å²) >= 11 is 0. The molecule has 0 aliphatic heterocycles. The molecule has 0 fully saturated rings. The van der Waals surface area contributed by atoms with Crippen LogP contribution >= 0.6 is 0 Å². The summed E-state index contributed by atoms with van der Waals surface area (Å²) in [6.45, 7) is 0.937. The number of alkyl halides is 3. The van der Waals surface area contributed by atoms with Crippen LogP contribution in [0.3, 0.4) is 0 Å². The lowest BCUT2D eigenvalue weighted by Gasteiger charge is -1.99. The van der Waals surface area contributed by atoms with Gasteiger partial charge in [-0.25, -0.2) is 4.98 Å². The van der Waals surface area contributed by atoms with Gasteiger partial charge in [0.15, 0.2) is 0 Å². The Bertz CT molecular complexity index is 279. The average molecular weight is 180 g/mol. The number of aryl methyl sites for hydroxylation is 1. The Kier molecular flexibility index (Phi) is 2.10. The molecule has 1 aromatic rings. The Morgan fingerprint density at radius 3 is 2.33 bits per heavy atom. The lowest BCUT2D eigenvalue weighted by atomic mass is 10.4. The van der Waals surface area contributed by atoms with Crippen LogP contribution in [0.1, 0.15) is 17.2 Å². The van der Waals surface area contributed by atoms with Crippen molar-refractivity contribution in [3.63, 3.8) is 0 Å². The van der Waals surface area contributed by atoms with E-state index in [0.29, 0.717) is 0 Å². The maximum Gasteiger partial charge on any atom is 0.449 e. The number of rotatable bonds is 1. The van der Waals surface area contributed by atoms with Crippen LogP contribution in [0.2, 0.25) is 0 Å². The Balaban J connectivity index is 3.05. The highest BCUT2D eigenvalue weighted by Gasteiger charge is 2.35. The van der Waals surface area contributed by atoms with E-state index < -0.39 is 18.6 Å². The van der Waals surface area contributed by atoms with E-state index in [1.54, 1.807) is 0 Å². The van der Waals surface area contributed by atoms with E-state index in [0.717, 1.165) is 0 Å². The van der Waals surface area contributed by atoms with Crippen molar-refractivity contribution in [3.8, 4) is 0 Å². The van der Waals surface area contributed by atoms with Crippen molar-refractivity contribution in [3.05, 3.63) is 17.2 Å². The molecule has 1 aromatic heterocycles. The maximum absolute atomic E-state index is 11.9. The molecule has 0 spiro atoms. The molecule has 0 saturated heterocycles. The normalized spacial score (nSPS) is 12.1. The minimum atomic E-state index is -4.47. The first-order chi connectivity index (χ1) is 5.45. The Labute approximate surface area is 66.2 Å². The van der Waals surface area contributed by atoms with Crippen LogP contribution in [0.25, 0.3) is 0 Å². The number of nitrogens with one attached hydrogen (secondary N) is 1. The zero-order valence-electron chi connectivity index (χ0n) is 6.24. The van der Waals surface area contributed by atoms with E-state index in [2.05, 4.69) is 4.98 Å². The molecule has 0 radical (unpaired) electrons. The van der Waals surface area contributed by atoms with Gasteiger partial charge < -0.3 is 10.1 Å². The summed E-state index contributed by atoms with van der Waals surface area (Å²) in [6.07, 6.45) is -4.47. The summed E-state index contributed by atoms with van der Waals surface area (Å²) in [5.41, 5.74) is 0.271. The molecule has 1 rings (SSSR count). The molecule has 12 heavy (non-hydrogen) atoms. The minimum absolute atomic E-state index is 0.0299. The topological polar surface area (TPSA) is 48.9 Å². The maximum atomic E-state index is 11.9. The first-order valence-corrected chi connectivity index (χ1v) is 3.18. The van der Waals surface area contributed by atoms with Crippen LogP contribution in [0.5, 0.6) is 0 Å². The molecule has 0 atom stereocenters. The van der Waals surface area contributed by atoms with Gasteiger partial charge in [0.1, 0.15) is 0 Å². The third-order valence-electron chi connectivity index (χ3n) is 1.40. The zero-order valence-corrected chi connectivity index (χ0v) is 6.24. The number of hydrogen-bond donors (Lipinski definition) is 2. The van der Waals surface area contributed by atoms with Crippen LogP contribution in [0, 0.1) is 6.92 Å². The predicted octanol–water partition coefficient (Wildman–Crippen LogP) is 1.23. The third kappa shape index (κ3) is 1.58.